The van der Waals surface area contributed by atoms with E-state index in [1.165, 1.54) is 12.1 Å². The van der Waals surface area contributed by atoms with Gasteiger partial charge in [-0.15, -0.1) is 0 Å². The third-order valence-electron chi connectivity index (χ3n) is 4.59. The molecule has 0 radical (unpaired) electrons. The molecule has 0 unspecified atom stereocenters. The minimum Gasteiger partial charge on any atom is -0.324 e. The van der Waals surface area contributed by atoms with Crippen molar-refractivity contribution in [3.8, 4) is 0 Å². The summed E-state index contributed by atoms with van der Waals surface area (Å²) in [5, 5.41) is 2.80. The molecule has 6 nitrogen and oxygen atoms in total. The number of carbonyl (C=O) groups excluding carboxylic acids is 1. The number of sulfonamides is 1. The first-order chi connectivity index (χ1) is 12.8. The number of hydrogen-bond donors (Lipinski definition) is 1. The number of carbonyl (C=O) groups is 1. The Morgan fingerprint density at radius 1 is 1.22 bits per heavy atom. The fourth-order valence-corrected chi connectivity index (χ4v) is 4.66. The summed E-state index contributed by atoms with van der Waals surface area (Å²) in [6.45, 7) is 4.63. The quantitative estimate of drug-likeness (QED) is 0.625. The van der Waals surface area contributed by atoms with Gasteiger partial charge >= 0.3 is 0 Å². The lowest BCUT2D eigenvalue weighted by Gasteiger charge is -2.33. The largest absolute Gasteiger partial charge is 0.324 e. The third-order valence-corrected chi connectivity index (χ3v) is 6.78. The van der Waals surface area contributed by atoms with Gasteiger partial charge in [-0.3, -0.25) is 4.79 Å². The molecule has 2 rings (SSSR count). The number of nitrogens with zero attached hydrogens (tertiary/aromatic N) is 2. The molecule has 9 heteroatoms. The highest BCUT2D eigenvalue weighted by atomic mass is 35.5. The third kappa shape index (κ3) is 7.03. The minimum atomic E-state index is -3.18. The molecule has 1 fully saturated rings. The summed E-state index contributed by atoms with van der Waals surface area (Å²) in [7, 11) is -3.18. The number of benzene rings is 1. The van der Waals surface area contributed by atoms with Gasteiger partial charge in [0.15, 0.2) is 0 Å². The fourth-order valence-electron chi connectivity index (χ4n) is 2.96. The summed E-state index contributed by atoms with van der Waals surface area (Å²) in [6.07, 6.45) is 2.82. The van der Waals surface area contributed by atoms with Crippen molar-refractivity contribution in [2.45, 2.75) is 32.6 Å². The molecule has 152 valence electrons. The van der Waals surface area contributed by atoms with Gasteiger partial charge < -0.3 is 10.2 Å². The van der Waals surface area contributed by atoms with Crippen molar-refractivity contribution in [3.63, 3.8) is 0 Å². The molecule has 0 spiro atoms. The smallest absolute Gasteiger partial charge is 0.225 e. The molecule has 1 aliphatic heterocycles. The first-order valence-corrected chi connectivity index (χ1v) is 11.3. The summed E-state index contributed by atoms with van der Waals surface area (Å²) in [6, 6.07) is 4.09. The van der Waals surface area contributed by atoms with Crippen LogP contribution < -0.4 is 5.32 Å². The molecule has 1 aliphatic rings. The molecule has 1 heterocycles. The van der Waals surface area contributed by atoms with Gasteiger partial charge in [0.05, 0.1) is 11.4 Å². The monoisotopic (exact) mass is 419 g/mol. The predicted octanol–water partition coefficient (Wildman–Crippen LogP) is 2.95. The second-order valence-corrected chi connectivity index (χ2v) is 9.21. The Hall–Kier alpha value is -1.22. The lowest BCUT2D eigenvalue weighted by molar-refractivity contribution is -0.116. The zero-order chi connectivity index (χ0) is 19.9. The number of piperazine rings is 1. The van der Waals surface area contributed by atoms with E-state index in [9.17, 15) is 17.6 Å². The number of amides is 1. The van der Waals surface area contributed by atoms with E-state index in [4.69, 9.17) is 11.6 Å². The van der Waals surface area contributed by atoms with Crippen LogP contribution in [0.4, 0.5) is 10.1 Å². The number of rotatable bonds is 9. The number of unbranched alkanes of at least 4 members (excludes halogenated alkanes) is 2. The van der Waals surface area contributed by atoms with Gasteiger partial charge in [-0.05, 0) is 24.6 Å². The first-order valence-electron chi connectivity index (χ1n) is 9.27. The van der Waals surface area contributed by atoms with Crippen molar-refractivity contribution in [1.29, 1.82) is 0 Å². The Labute approximate surface area is 165 Å². The Morgan fingerprint density at radius 3 is 2.56 bits per heavy atom. The van der Waals surface area contributed by atoms with Crippen molar-refractivity contribution in [3.05, 3.63) is 29.0 Å². The van der Waals surface area contributed by atoms with E-state index in [0.29, 0.717) is 39.1 Å². The van der Waals surface area contributed by atoms with Crippen LogP contribution in [0, 0.1) is 5.82 Å². The maximum atomic E-state index is 13.7. The predicted molar refractivity (Wildman–Crippen MR) is 106 cm³/mol. The lowest BCUT2D eigenvalue weighted by Crippen LogP contribution is -2.49. The summed E-state index contributed by atoms with van der Waals surface area (Å²) >= 11 is 5.69. The Kier molecular flexibility index (Phi) is 8.47. The van der Waals surface area contributed by atoms with Crippen LogP contribution in [0.2, 0.25) is 5.02 Å². The van der Waals surface area contributed by atoms with E-state index in [1.54, 1.807) is 4.31 Å². The van der Waals surface area contributed by atoms with Crippen molar-refractivity contribution in [2.75, 3.05) is 43.8 Å². The van der Waals surface area contributed by atoms with Crippen molar-refractivity contribution in [2.24, 2.45) is 0 Å². The molecule has 1 amide bonds. The first kappa shape index (κ1) is 22.1. The normalized spacial score (nSPS) is 16.4. The van der Waals surface area contributed by atoms with E-state index in [0.717, 1.165) is 18.9 Å². The van der Waals surface area contributed by atoms with Crippen LogP contribution in [0.25, 0.3) is 0 Å². The standard InChI is InChI=1S/C18H27ClFN3O3S/c1-2-3-4-13-27(25,26)23-11-9-22(10-12-23)8-7-18(24)21-17-6-5-15(19)14-16(17)20/h5-6,14H,2-4,7-13H2,1H3,(H,21,24). The fraction of sp³-hybridized carbons (Fsp3) is 0.611. The highest BCUT2D eigenvalue weighted by Crippen LogP contribution is 2.19. The topological polar surface area (TPSA) is 69.7 Å². The molecule has 1 aromatic rings. The van der Waals surface area contributed by atoms with Crippen molar-refractivity contribution >= 4 is 33.2 Å². The van der Waals surface area contributed by atoms with Crippen LogP contribution in [0.15, 0.2) is 18.2 Å². The van der Waals surface area contributed by atoms with Gasteiger partial charge in [-0.2, -0.15) is 4.31 Å². The Balaban J connectivity index is 1.73. The molecule has 0 aromatic heterocycles. The molecule has 0 saturated carbocycles. The second kappa shape index (κ2) is 10.4. The van der Waals surface area contributed by atoms with E-state index in [1.807, 2.05) is 6.92 Å². The van der Waals surface area contributed by atoms with Crippen LogP contribution in [0.3, 0.4) is 0 Å². The lowest BCUT2D eigenvalue weighted by atomic mass is 10.2. The summed E-state index contributed by atoms with van der Waals surface area (Å²) < 4.78 is 39.8. The summed E-state index contributed by atoms with van der Waals surface area (Å²) in [4.78, 5) is 14.1. The maximum Gasteiger partial charge on any atom is 0.225 e. The van der Waals surface area contributed by atoms with Gasteiger partial charge in [0, 0.05) is 44.2 Å². The molecular formula is C18H27ClFN3O3S. The van der Waals surface area contributed by atoms with Crippen LogP contribution in [-0.2, 0) is 14.8 Å². The maximum absolute atomic E-state index is 13.7. The number of nitrogens with one attached hydrogen (secondary N) is 1. The summed E-state index contributed by atoms with van der Waals surface area (Å²) in [5.74, 6) is -0.654. The number of anilines is 1. The van der Waals surface area contributed by atoms with E-state index in [-0.39, 0.29) is 28.8 Å². The highest BCUT2D eigenvalue weighted by molar-refractivity contribution is 7.89. The Morgan fingerprint density at radius 2 is 1.93 bits per heavy atom. The van der Waals surface area contributed by atoms with Crippen LogP contribution in [0.1, 0.15) is 32.6 Å². The Bertz CT molecular complexity index is 737. The van der Waals surface area contributed by atoms with E-state index >= 15 is 0 Å². The zero-order valence-electron chi connectivity index (χ0n) is 15.6. The SMILES string of the molecule is CCCCCS(=O)(=O)N1CCN(CCC(=O)Nc2ccc(Cl)cc2F)CC1. The van der Waals surface area contributed by atoms with E-state index < -0.39 is 15.8 Å². The van der Waals surface area contributed by atoms with Gasteiger partial charge in [0.1, 0.15) is 5.82 Å². The molecule has 0 aliphatic carbocycles. The van der Waals surface area contributed by atoms with Gasteiger partial charge in [-0.25, -0.2) is 12.8 Å². The molecule has 0 atom stereocenters. The van der Waals surface area contributed by atoms with Gasteiger partial charge in [0.2, 0.25) is 15.9 Å². The van der Waals surface area contributed by atoms with Gasteiger partial charge in [-0.1, -0.05) is 31.4 Å². The molecule has 27 heavy (non-hydrogen) atoms. The minimum absolute atomic E-state index is 0.104. The highest BCUT2D eigenvalue weighted by Gasteiger charge is 2.26. The molecule has 0 bridgehead atoms. The molecular weight excluding hydrogens is 393 g/mol. The van der Waals surface area contributed by atoms with Crippen LogP contribution >= 0.6 is 11.6 Å². The van der Waals surface area contributed by atoms with Gasteiger partial charge in [0.25, 0.3) is 0 Å². The zero-order valence-corrected chi connectivity index (χ0v) is 17.2. The van der Waals surface area contributed by atoms with Crippen LogP contribution in [0.5, 0.6) is 0 Å². The number of hydrogen-bond acceptors (Lipinski definition) is 4. The number of halogens is 2. The van der Waals surface area contributed by atoms with E-state index in [2.05, 4.69) is 10.2 Å². The van der Waals surface area contributed by atoms with Crippen LogP contribution in [-0.4, -0.2) is 62.0 Å². The summed E-state index contributed by atoms with van der Waals surface area (Å²) in [5.41, 5.74) is 0.104. The molecule has 1 aromatic carbocycles. The average molecular weight is 420 g/mol. The van der Waals surface area contributed by atoms with Crippen molar-refractivity contribution in [1.82, 2.24) is 9.21 Å². The average Bonchev–Trinajstić information content (AvgIpc) is 2.63. The second-order valence-electron chi connectivity index (χ2n) is 6.69. The molecule has 1 saturated heterocycles. The van der Waals surface area contributed by atoms with Crippen molar-refractivity contribution < 1.29 is 17.6 Å². The molecule has 1 N–H and O–H groups in total.